The van der Waals surface area contributed by atoms with Crippen LogP contribution in [0.25, 0.3) is 11.3 Å². The van der Waals surface area contributed by atoms with Crippen molar-refractivity contribution in [3.8, 4) is 11.3 Å². The van der Waals surface area contributed by atoms with Crippen molar-refractivity contribution >= 4 is 0 Å². The molecule has 0 bridgehead atoms. The molecule has 4 heteroatoms. The maximum absolute atomic E-state index is 9.98. The van der Waals surface area contributed by atoms with Crippen molar-refractivity contribution in [1.29, 1.82) is 0 Å². The molecule has 0 amide bonds. The molecule has 2 atom stereocenters. The summed E-state index contributed by atoms with van der Waals surface area (Å²) in [5.74, 6) is 0.318. The highest BCUT2D eigenvalue weighted by atomic mass is 16.3. The van der Waals surface area contributed by atoms with Gasteiger partial charge < -0.3 is 10.4 Å². The molecule has 0 fully saturated rings. The largest absolute Gasteiger partial charge is 0.392 e. The van der Waals surface area contributed by atoms with Gasteiger partial charge in [-0.1, -0.05) is 44.0 Å². The van der Waals surface area contributed by atoms with Gasteiger partial charge >= 0.3 is 0 Å². The highest BCUT2D eigenvalue weighted by molar-refractivity contribution is 5.63. The summed E-state index contributed by atoms with van der Waals surface area (Å²) in [5.41, 5.74) is 4.54. The van der Waals surface area contributed by atoms with E-state index in [4.69, 9.17) is 0 Å². The number of hydrogen-bond donors (Lipinski definition) is 3. The van der Waals surface area contributed by atoms with Gasteiger partial charge in [-0.3, -0.25) is 5.10 Å². The minimum Gasteiger partial charge on any atom is -0.392 e. The molecule has 0 radical (unpaired) electrons. The number of nitrogens with one attached hydrogen (secondary N) is 2. The second kappa shape index (κ2) is 7.38. The van der Waals surface area contributed by atoms with Gasteiger partial charge in [0.15, 0.2) is 0 Å². The van der Waals surface area contributed by atoms with Crippen LogP contribution in [0.1, 0.15) is 31.4 Å². The van der Waals surface area contributed by atoms with Gasteiger partial charge in [0, 0.05) is 24.2 Å². The third kappa shape index (κ3) is 4.16. The molecule has 2 unspecified atom stereocenters. The quantitative estimate of drug-likeness (QED) is 0.734. The highest BCUT2D eigenvalue weighted by Gasteiger charge is 2.12. The first kappa shape index (κ1) is 15.7. The van der Waals surface area contributed by atoms with E-state index in [1.54, 1.807) is 0 Å². The van der Waals surface area contributed by atoms with Gasteiger partial charge in [-0.05, 0) is 18.9 Å². The maximum Gasteiger partial charge on any atom is 0.0695 e. The summed E-state index contributed by atoms with van der Waals surface area (Å²) in [5, 5.41) is 20.5. The average Bonchev–Trinajstić information content (AvgIpc) is 2.94. The summed E-state index contributed by atoms with van der Waals surface area (Å²) in [4.78, 5) is 0. The van der Waals surface area contributed by atoms with E-state index in [0.29, 0.717) is 19.0 Å². The summed E-state index contributed by atoms with van der Waals surface area (Å²) in [7, 11) is 0. The Labute approximate surface area is 126 Å². The average molecular weight is 287 g/mol. The lowest BCUT2D eigenvalue weighted by atomic mass is 10.0. The summed E-state index contributed by atoms with van der Waals surface area (Å²) >= 11 is 0. The van der Waals surface area contributed by atoms with Crippen LogP contribution in [0.3, 0.4) is 0 Å². The number of aliphatic hydroxyl groups excluding tert-OH is 1. The Morgan fingerprint density at radius 2 is 2.19 bits per heavy atom. The number of H-pyrrole nitrogens is 1. The molecule has 4 nitrogen and oxygen atoms in total. The normalized spacial score (nSPS) is 14.1. The number of aromatic amines is 1. The minimum absolute atomic E-state index is 0.302. The first-order chi connectivity index (χ1) is 10.1. The number of benzene rings is 1. The van der Waals surface area contributed by atoms with Crippen molar-refractivity contribution in [2.24, 2.45) is 5.92 Å². The molecule has 0 saturated carbocycles. The third-order valence-corrected chi connectivity index (χ3v) is 3.99. The minimum atomic E-state index is -0.302. The van der Waals surface area contributed by atoms with E-state index in [-0.39, 0.29) is 6.10 Å². The molecule has 1 heterocycles. The molecule has 21 heavy (non-hydrogen) atoms. The van der Waals surface area contributed by atoms with Crippen LogP contribution >= 0.6 is 0 Å². The van der Waals surface area contributed by atoms with Crippen molar-refractivity contribution in [2.75, 3.05) is 6.54 Å². The molecule has 2 rings (SSSR count). The molecule has 2 aromatic rings. The number of nitrogens with zero attached hydrogens (tertiary/aromatic N) is 1. The van der Waals surface area contributed by atoms with E-state index < -0.39 is 0 Å². The molecule has 0 saturated heterocycles. The number of aryl methyl sites for hydroxylation is 1. The van der Waals surface area contributed by atoms with Crippen LogP contribution in [0.15, 0.2) is 30.5 Å². The van der Waals surface area contributed by atoms with Crippen LogP contribution in [0, 0.1) is 12.8 Å². The van der Waals surface area contributed by atoms with Gasteiger partial charge in [0.2, 0.25) is 0 Å². The van der Waals surface area contributed by atoms with E-state index in [0.717, 1.165) is 23.2 Å². The Hall–Kier alpha value is -1.65. The second-order valence-corrected chi connectivity index (χ2v) is 5.72. The lowest BCUT2D eigenvalue weighted by Crippen LogP contribution is -2.31. The molecule has 0 aliphatic carbocycles. The van der Waals surface area contributed by atoms with Gasteiger partial charge in [-0.2, -0.15) is 5.10 Å². The van der Waals surface area contributed by atoms with E-state index >= 15 is 0 Å². The number of hydrogen-bond acceptors (Lipinski definition) is 3. The maximum atomic E-state index is 9.98. The fraction of sp³-hybridized carbons (Fsp3) is 0.471. The summed E-state index contributed by atoms with van der Waals surface area (Å²) in [6, 6.07) is 8.36. The van der Waals surface area contributed by atoms with Gasteiger partial charge in [-0.15, -0.1) is 0 Å². The van der Waals surface area contributed by atoms with E-state index in [1.165, 1.54) is 5.56 Å². The van der Waals surface area contributed by atoms with Crippen LogP contribution in [-0.4, -0.2) is 28.0 Å². The van der Waals surface area contributed by atoms with Crippen LogP contribution in [0.5, 0.6) is 0 Å². The molecule has 3 N–H and O–H groups in total. The Morgan fingerprint density at radius 3 is 2.90 bits per heavy atom. The molecule has 0 spiro atoms. The van der Waals surface area contributed by atoms with Crippen molar-refractivity contribution in [1.82, 2.24) is 15.5 Å². The standard InChI is InChI=1S/C17H25N3O/c1-4-13(3)16(21)11-18-9-15-10-19-20-17(15)14-7-5-6-12(2)8-14/h5-8,10,13,16,18,21H,4,9,11H2,1-3H3,(H,19,20). The fourth-order valence-corrected chi connectivity index (χ4v) is 2.32. The summed E-state index contributed by atoms with van der Waals surface area (Å²) < 4.78 is 0. The highest BCUT2D eigenvalue weighted by Crippen LogP contribution is 2.21. The molecule has 1 aromatic heterocycles. The molecule has 114 valence electrons. The first-order valence-corrected chi connectivity index (χ1v) is 7.59. The van der Waals surface area contributed by atoms with E-state index in [9.17, 15) is 5.11 Å². The SMILES string of the molecule is CCC(C)C(O)CNCc1cn[nH]c1-c1cccc(C)c1. The zero-order chi connectivity index (χ0) is 15.2. The number of aliphatic hydroxyl groups is 1. The van der Waals surface area contributed by atoms with Gasteiger partial charge in [0.1, 0.15) is 0 Å². The van der Waals surface area contributed by atoms with Crippen molar-refractivity contribution < 1.29 is 5.11 Å². The van der Waals surface area contributed by atoms with Gasteiger partial charge in [0.25, 0.3) is 0 Å². The molecular weight excluding hydrogens is 262 g/mol. The van der Waals surface area contributed by atoms with Crippen LogP contribution in [0.4, 0.5) is 0 Å². The van der Waals surface area contributed by atoms with Crippen LogP contribution in [0.2, 0.25) is 0 Å². The lowest BCUT2D eigenvalue weighted by molar-refractivity contribution is 0.113. The monoisotopic (exact) mass is 287 g/mol. The van der Waals surface area contributed by atoms with Crippen molar-refractivity contribution in [2.45, 2.75) is 39.8 Å². The third-order valence-electron chi connectivity index (χ3n) is 3.99. The molecule has 0 aliphatic rings. The van der Waals surface area contributed by atoms with Crippen molar-refractivity contribution in [3.05, 3.63) is 41.6 Å². The van der Waals surface area contributed by atoms with E-state index in [1.807, 2.05) is 6.20 Å². The second-order valence-electron chi connectivity index (χ2n) is 5.72. The lowest BCUT2D eigenvalue weighted by Gasteiger charge is -2.17. The molecule has 0 aliphatic heterocycles. The Morgan fingerprint density at radius 1 is 1.38 bits per heavy atom. The predicted octanol–water partition coefficient (Wildman–Crippen LogP) is 2.88. The van der Waals surface area contributed by atoms with Crippen LogP contribution in [-0.2, 0) is 6.54 Å². The Bertz CT molecular complexity index is 565. The Balaban J connectivity index is 1.98. The Kier molecular flexibility index (Phi) is 5.53. The van der Waals surface area contributed by atoms with Crippen LogP contribution < -0.4 is 5.32 Å². The number of aromatic nitrogens is 2. The topological polar surface area (TPSA) is 60.9 Å². The summed E-state index contributed by atoms with van der Waals surface area (Å²) in [6.45, 7) is 7.56. The smallest absolute Gasteiger partial charge is 0.0695 e. The van der Waals surface area contributed by atoms with Crippen molar-refractivity contribution in [3.63, 3.8) is 0 Å². The predicted molar refractivity (Wildman–Crippen MR) is 85.9 cm³/mol. The molecule has 1 aromatic carbocycles. The fourth-order valence-electron chi connectivity index (χ4n) is 2.32. The number of rotatable bonds is 7. The van der Waals surface area contributed by atoms with Gasteiger partial charge in [-0.25, -0.2) is 0 Å². The summed E-state index contributed by atoms with van der Waals surface area (Å²) in [6.07, 6.45) is 2.54. The van der Waals surface area contributed by atoms with Gasteiger partial charge in [0.05, 0.1) is 18.0 Å². The zero-order valence-electron chi connectivity index (χ0n) is 13.1. The van der Waals surface area contributed by atoms with E-state index in [2.05, 4.69) is 60.6 Å². The first-order valence-electron chi connectivity index (χ1n) is 7.59. The zero-order valence-corrected chi connectivity index (χ0v) is 13.1. The molecular formula is C17H25N3O.